The lowest BCUT2D eigenvalue weighted by molar-refractivity contribution is 0.265. The Morgan fingerprint density at radius 1 is 1.13 bits per heavy atom. The van der Waals surface area contributed by atoms with Gasteiger partial charge in [-0.05, 0) is 34.2 Å². The summed E-state index contributed by atoms with van der Waals surface area (Å²) >= 11 is 12.2. The van der Waals surface area contributed by atoms with E-state index in [0.717, 1.165) is 5.56 Å². The Morgan fingerprint density at radius 3 is 2.65 bits per heavy atom. The van der Waals surface area contributed by atoms with Crippen LogP contribution in [-0.2, 0) is 11.3 Å². The fraction of sp³-hybridized carbons (Fsp3) is 0.0625. The maximum atomic E-state index is 6.28. The van der Waals surface area contributed by atoms with Crippen molar-refractivity contribution in [3.8, 4) is 0 Å². The molecule has 0 radical (unpaired) electrons. The lowest BCUT2D eigenvalue weighted by Gasteiger charge is -2.12. The van der Waals surface area contributed by atoms with E-state index in [9.17, 15) is 0 Å². The third kappa shape index (κ3) is 4.09. The first-order valence-corrected chi connectivity index (χ1v) is 7.54. The fourth-order valence-corrected chi connectivity index (χ4v) is 2.46. The minimum atomic E-state index is 0.397. The van der Waals surface area contributed by atoms with Crippen LogP contribution in [0.4, 0.5) is 0 Å². The van der Waals surface area contributed by atoms with Crippen molar-refractivity contribution in [2.24, 2.45) is 0 Å². The Labute approximate surface area is 143 Å². The monoisotopic (exact) mass is 346 g/mol. The molecular weight excluding hydrogens is 335 g/mol. The van der Waals surface area contributed by atoms with E-state index in [1.54, 1.807) is 24.4 Å². The van der Waals surface area contributed by atoms with Gasteiger partial charge in [0.1, 0.15) is 18.7 Å². The average Bonchev–Trinajstić information content (AvgIpc) is 3.06. The highest BCUT2D eigenvalue weighted by Crippen LogP contribution is 2.28. The van der Waals surface area contributed by atoms with Crippen LogP contribution in [0.1, 0.15) is 11.1 Å². The zero-order chi connectivity index (χ0) is 16.1. The summed E-state index contributed by atoms with van der Waals surface area (Å²) in [4.78, 5) is 0. The number of tetrazole rings is 1. The number of nitrogens with zero attached hydrogens (tertiary/aromatic N) is 4. The Bertz CT molecular complexity index is 804. The van der Waals surface area contributed by atoms with Gasteiger partial charge in [0.2, 0.25) is 0 Å². The van der Waals surface area contributed by atoms with Gasteiger partial charge in [0.15, 0.2) is 0 Å². The molecule has 0 saturated carbocycles. The second-order valence-electron chi connectivity index (χ2n) is 4.68. The molecule has 0 N–H and O–H groups in total. The normalized spacial score (nSPS) is 11.5. The minimum absolute atomic E-state index is 0.397. The van der Waals surface area contributed by atoms with Crippen molar-refractivity contribution < 1.29 is 4.74 Å². The van der Waals surface area contributed by atoms with Crippen molar-refractivity contribution in [3.05, 3.63) is 76.0 Å². The largest absolute Gasteiger partial charge is 0.487 e. The van der Waals surface area contributed by atoms with Crippen LogP contribution >= 0.6 is 23.2 Å². The smallest absolute Gasteiger partial charge is 0.146 e. The first-order chi connectivity index (χ1) is 11.2. The van der Waals surface area contributed by atoms with Gasteiger partial charge in [-0.2, -0.15) is 0 Å². The van der Waals surface area contributed by atoms with Crippen molar-refractivity contribution in [1.82, 2.24) is 20.2 Å². The maximum absolute atomic E-state index is 6.28. The summed E-state index contributed by atoms with van der Waals surface area (Å²) in [5, 5.41) is 12.1. The predicted octanol–water partition coefficient (Wildman–Crippen LogP) is 4.15. The molecule has 0 aliphatic heterocycles. The van der Waals surface area contributed by atoms with Crippen LogP contribution in [0.15, 0.2) is 54.9 Å². The Balaban J connectivity index is 1.90. The average molecular weight is 347 g/mol. The molecule has 0 amide bonds. The zero-order valence-corrected chi connectivity index (χ0v) is 13.4. The highest BCUT2D eigenvalue weighted by Gasteiger charge is 2.10. The van der Waals surface area contributed by atoms with Crippen molar-refractivity contribution in [1.29, 1.82) is 0 Å². The van der Waals surface area contributed by atoms with E-state index in [-0.39, 0.29) is 0 Å². The van der Waals surface area contributed by atoms with Gasteiger partial charge in [-0.25, -0.2) is 4.68 Å². The van der Waals surface area contributed by atoms with E-state index in [2.05, 4.69) is 15.5 Å². The lowest BCUT2D eigenvalue weighted by Crippen LogP contribution is -1.98. The highest BCUT2D eigenvalue weighted by atomic mass is 35.5. The molecule has 0 unspecified atom stereocenters. The van der Waals surface area contributed by atoms with E-state index in [0.29, 0.717) is 28.0 Å². The number of hydrogen-bond donors (Lipinski definition) is 0. The van der Waals surface area contributed by atoms with Gasteiger partial charge in [-0.3, -0.25) is 0 Å². The molecular formula is C16H12Cl2N4O. The molecule has 3 aromatic rings. The molecule has 2 aromatic carbocycles. The van der Waals surface area contributed by atoms with Crippen LogP contribution in [0, 0.1) is 0 Å². The third-order valence-corrected chi connectivity index (χ3v) is 3.60. The number of rotatable bonds is 5. The van der Waals surface area contributed by atoms with Crippen LogP contribution in [-0.4, -0.2) is 20.2 Å². The van der Waals surface area contributed by atoms with Gasteiger partial charge in [-0.1, -0.05) is 53.5 Å². The number of halogens is 2. The molecule has 116 valence electrons. The number of benzene rings is 2. The van der Waals surface area contributed by atoms with Crippen LogP contribution in [0.2, 0.25) is 10.0 Å². The third-order valence-electron chi connectivity index (χ3n) is 3.05. The Hall–Kier alpha value is -2.37. The molecule has 1 heterocycles. The summed E-state index contributed by atoms with van der Waals surface area (Å²) in [6.07, 6.45) is 3.13. The van der Waals surface area contributed by atoms with E-state index in [1.165, 1.54) is 11.0 Å². The maximum Gasteiger partial charge on any atom is 0.146 e. The highest BCUT2D eigenvalue weighted by molar-refractivity contribution is 6.35. The van der Waals surface area contributed by atoms with Crippen LogP contribution < -0.4 is 0 Å². The first kappa shape index (κ1) is 15.5. The summed E-state index contributed by atoms with van der Waals surface area (Å²) in [6.45, 7) is 0.397. The molecule has 0 bridgehead atoms. The Kier molecular flexibility index (Phi) is 4.90. The van der Waals surface area contributed by atoms with Crippen molar-refractivity contribution in [2.75, 3.05) is 0 Å². The summed E-state index contributed by atoms with van der Waals surface area (Å²) in [7, 11) is 0. The summed E-state index contributed by atoms with van der Waals surface area (Å²) in [6, 6.07) is 15.1. The molecule has 5 nitrogen and oxygen atoms in total. The summed E-state index contributed by atoms with van der Waals surface area (Å²) in [5.41, 5.74) is 1.75. The molecule has 23 heavy (non-hydrogen) atoms. The fourth-order valence-electron chi connectivity index (χ4n) is 1.96. The first-order valence-electron chi connectivity index (χ1n) is 6.79. The van der Waals surface area contributed by atoms with Gasteiger partial charge in [-0.15, -0.1) is 5.10 Å². The second-order valence-corrected chi connectivity index (χ2v) is 5.53. The van der Waals surface area contributed by atoms with E-state index in [1.807, 2.05) is 30.3 Å². The molecule has 3 rings (SSSR count). The lowest BCUT2D eigenvalue weighted by atomic mass is 10.2. The topological polar surface area (TPSA) is 52.8 Å². The van der Waals surface area contributed by atoms with E-state index < -0.39 is 0 Å². The molecule has 0 spiro atoms. The standard InChI is InChI=1S/C16H12Cl2N4O/c17-13-6-7-14(15(18)8-13)16(9-22-11-19-20-21-22)23-10-12-4-2-1-3-5-12/h1-9,11H,10H2/b16-9-. The second kappa shape index (κ2) is 7.26. The number of hydrogen-bond acceptors (Lipinski definition) is 4. The molecule has 0 fully saturated rings. The van der Waals surface area contributed by atoms with Gasteiger partial charge < -0.3 is 4.74 Å². The quantitative estimate of drug-likeness (QED) is 0.651. The van der Waals surface area contributed by atoms with E-state index in [4.69, 9.17) is 27.9 Å². The molecule has 1 aromatic heterocycles. The number of ether oxygens (including phenoxy) is 1. The minimum Gasteiger partial charge on any atom is -0.487 e. The van der Waals surface area contributed by atoms with Crippen molar-refractivity contribution >= 4 is 35.2 Å². The molecule has 0 aliphatic carbocycles. The predicted molar refractivity (Wildman–Crippen MR) is 89.7 cm³/mol. The summed E-state index contributed by atoms with van der Waals surface area (Å²) in [5.74, 6) is 0.544. The van der Waals surface area contributed by atoms with Gasteiger partial charge >= 0.3 is 0 Å². The Morgan fingerprint density at radius 2 is 1.96 bits per heavy atom. The number of aromatic nitrogens is 4. The van der Waals surface area contributed by atoms with Crippen LogP contribution in [0.3, 0.4) is 0 Å². The zero-order valence-electron chi connectivity index (χ0n) is 11.9. The van der Waals surface area contributed by atoms with Gasteiger partial charge in [0.25, 0.3) is 0 Å². The molecule has 0 atom stereocenters. The van der Waals surface area contributed by atoms with Gasteiger partial charge in [0.05, 0.1) is 11.2 Å². The van der Waals surface area contributed by atoms with Crippen LogP contribution in [0.25, 0.3) is 12.0 Å². The molecule has 0 aliphatic rings. The van der Waals surface area contributed by atoms with Crippen molar-refractivity contribution in [2.45, 2.75) is 6.61 Å². The van der Waals surface area contributed by atoms with Gasteiger partial charge in [0, 0.05) is 10.6 Å². The summed E-state index contributed by atoms with van der Waals surface area (Å²) < 4.78 is 7.38. The molecule has 0 saturated heterocycles. The van der Waals surface area contributed by atoms with Crippen LogP contribution in [0.5, 0.6) is 0 Å². The SMILES string of the molecule is Clc1ccc(/C(=C/n2cnnn2)OCc2ccccc2)c(Cl)c1. The molecule has 7 heteroatoms. The van der Waals surface area contributed by atoms with Crippen molar-refractivity contribution in [3.63, 3.8) is 0 Å². The van der Waals surface area contributed by atoms with E-state index >= 15 is 0 Å².